The quantitative estimate of drug-likeness (QED) is 0.701. The summed E-state index contributed by atoms with van der Waals surface area (Å²) in [5.41, 5.74) is 2.23. The molecular formula is C14H19N3O2. The van der Waals surface area contributed by atoms with Gasteiger partial charge in [-0.25, -0.2) is 10.0 Å². The minimum atomic E-state index is -0.296. The van der Waals surface area contributed by atoms with Gasteiger partial charge in [-0.1, -0.05) is 6.92 Å². The van der Waals surface area contributed by atoms with E-state index >= 15 is 0 Å². The Bertz CT molecular complexity index is 561. The Morgan fingerprint density at radius 1 is 1.26 bits per heavy atom. The van der Waals surface area contributed by atoms with E-state index < -0.39 is 0 Å². The van der Waals surface area contributed by atoms with Crippen LogP contribution in [0.5, 0.6) is 0 Å². The van der Waals surface area contributed by atoms with Gasteiger partial charge in [0, 0.05) is 33.0 Å². The Morgan fingerprint density at radius 3 is 2.58 bits per heavy atom. The van der Waals surface area contributed by atoms with Crippen molar-refractivity contribution in [1.82, 2.24) is 14.6 Å². The van der Waals surface area contributed by atoms with Crippen LogP contribution >= 0.6 is 0 Å². The summed E-state index contributed by atoms with van der Waals surface area (Å²) in [6.45, 7) is 2.07. The highest BCUT2D eigenvalue weighted by molar-refractivity contribution is 6.07. The Labute approximate surface area is 112 Å². The number of aryl methyl sites for hydroxylation is 1. The number of hydrazine groups is 1. The number of nitrogens with zero attached hydrogens (tertiary/aromatic N) is 3. The van der Waals surface area contributed by atoms with Crippen LogP contribution in [0, 0.1) is 11.8 Å². The van der Waals surface area contributed by atoms with Crippen LogP contribution in [-0.2, 0) is 23.1 Å². The number of imide groups is 1. The van der Waals surface area contributed by atoms with Crippen LogP contribution in [0.3, 0.4) is 0 Å². The standard InChI is InChI=1S/C14H19N3O2/c1-8-7-10-9(5-6-16(10)4)12-11(8)13(18)17(14(12)19)15(2)3/h5-6,8,11-12H,7H2,1-4H3/t8?,11-,12+/m0/s1. The zero-order valence-electron chi connectivity index (χ0n) is 11.8. The summed E-state index contributed by atoms with van der Waals surface area (Å²) in [5.74, 6) is -0.437. The van der Waals surface area contributed by atoms with Gasteiger partial charge < -0.3 is 4.57 Å². The van der Waals surface area contributed by atoms with E-state index in [1.54, 1.807) is 19.1 Å². The van der Waals surface area contributed by atoms with Gasteiger partial charge in [-0.05, 0) is 24.0 Å². The molecule has 1 aromatic heterocycles. The SMILES string of the molecule is CC1Cc2c(ccn2C)[C@H]2C(=O)N(N(C)C)C(=O)[C@@H]12. The van der Waals surface area contributed by atoms with E-state index in [1.807, 2.05) is 19.3 Å². The molecule has 2 amide bonds. The molecule has 0 spiro atoms. The molecule has 0 bridgehead atoms. The summed E-state index contributed by atoms with van der Waals surface area (Å²) >= 11 is 0. The zero-order chi connectivity index (χ0) is 13.9. The van der Waals surface area contributed by atoms with E-state index in [9.17, 15) is 9.59 Å². The molecule has 3 rings (SSSR count). The fraction of sp³-hybridized carbons (Fsp3) is 0.571. The van der Waals surface area contributed by atoms with E-state index in [-0.39, 0.29) is 29.6 Å². The van der Waals surface area contributed by atoms with Crippen molar-refractivity contribution in [1.29, 1.82) is 0 Å². The van der Waals surface area contributed by atoms with Gasteiger partial charge in [-0.15, -0.1) is 0 Å². The zero-order valence-corrected chi connectivity index (χ0v) is 11.8. The predicted octanol–water partition coefficient (Wildman–Crippen LogP) is 0.762. The van der Waals surface area contributed by atoms with Crippen molar-refractivity contribution < 1.29 is 9.59 Å². The normalized spacial score (nSPS) is 29.9. The third kappa shape index (κ3) is 1.51. The maximum atomic E-state index is 12.6. The van der Waals surface area contributed by atoms with Crippen LogP contribution < -0.4 is 0 Å². The van der Waals surface area contributed by atoms with Crippen molar-refractivity contribution >= 4 is 11.8 Å². The number of amides is 2. The maximum Gasteiger partial charge on any atom is 0.252 e. The van der Waals surface area contributed by atoms with Gasteiger partial charge >= 0.3 is 0 Å². The first-order valence-corrected chi connectivity index (χ1v) is 6.62. The Morgan fingerprint density at radius 2 is 1.95 bits per heavy atom. The van der Waals surface area contributed by atoms with Crippen LogP contribution in [0.25, 0.3) is 0 Å². The Kier molecular flexibility index (Phi) is 2.57. The maximum absolute atomic E-state index is 12.6. The lowest BCUT2D eigenvalue weighted by molar-refractivity contribution is -0.154. The first-order chi connectivity index (χ1) is 8.93. The van der Waals surface area contributed by atoms with Crippen molar-refractivity contribution in [3.63, 3.8) is 0 Å². The molecule has 1 unspecified atom stereocenters. The molecule has 1 saturated heterocycles. The number of hydrogen-bond acceptors (Lipinski definition) is 3. The molecule has 1 aromatic rings. The molecule has 0 aromatic carbocycles. The smallest absolute Gasteiger partial charge is 0.252 e. The Hall–Kier alpha value is -1.62. The molecule has 2 aliphatic rings. The van der Waals surface area contributed by atoms with Crippen molar-refractivity contribution in [2.45, 2.75) is 19.3 Å². The van der Waals surface area contributed by atoms with Gasteiger partial charge in [-0.3, -0.25) is 9.59 Å². The lowest BCUT2D eigenvalue weighted by Crippen LogP contribution is -2.42. The average Bonchev–Trinajstić information content (AvgIpc) is 2.80. The molecule has 19 heavy (non-hydrogen) atoms. The molecule has 2 heterocycles. The van der Waals surface area contributed by atoms with E-state index in [4.69, 9.17) is 0 Å². The van der Waals surface area contributed by atoms with E-state index in [0.717, 1.165) is 12.0 Å². The molecule has 5 heteroatoms. The van der Waals surface area contributed by atoms with Gasteiger partial charge in [0.25, 0.3) is 5.91 Å². The fourth-order valence-electron chi connectivity index (χ4n) is 3.53. The molecule has 102 valence electrons. The summed E-state index contributed by atoms with van der Waals surface area (Å²) in [7, 11) is 5.48. The van der Waals surface area contributed by atoms with Crippen molar-refractivity contribution in [3.05, 3.63) is 23.5 Å². The van der Waals surface area contributed by atoms with Crippen LogP contribution in [0.15, 0.2) is 12.3 Å². The molecule has 1 aliphatic carbocycles. The van der Waals surface area contributed by atoms with Gasteiger partial charge in [-0.2, -0.15) is 0 Å². The second-order valence-corrected chi connectivity index (χ2v) is 5.85. The van der Waals surface area contributed by atoms with Gasteiger partial charge in [0.05, 0.1) is 11.8 Å². The summed E-state index contributed by atoms with van der Waals surface area (Å²) in [6.07, 6.45) is 2.84. The van der Waals surface area contributed by atoms with Crippen molar-refractivity contribution in [2.24, 2.45) is 18.9 Å². The predicted molar refractivity (Wildman–Crippen MR) is 70.1 cm³/mol. The molecule has 3 atom stereocenters. The number of hydrogen-bond donors (Lipinski definition) is 0. The Balaban J connectivity index is 2.12. The molecule has 5 nitrogen and oxygen atoms in total. The summed E-state index contributed by atoms with van der Waals surface area (Å²) in [6, 6.07) is 1.99. The molecule has 1 fully saturated rings. The minimum absolute atomic E-state index is 0.0537. The number of carbonyl (C=O) groups excluding carboxylic acids is 2. The van der Waals surface area contributed by atoms with Gasteiger partial charge in [0.2, 0.25) is 5.91 Å². The van der Waals surface area contributed by atoms with E-state index in [2.05, 4.69) is 11.5 Å². The summed E-state index contributed by atoms with van der Waals surface area (Å²) in [5, 5.41) is 2.90. The molecule has 0 N–H and O–H groups in total. The molecule has 0 saturated carbocycles. The third-order valence-electron chi connectivity index (χ3n) is 4.43. The average molecular weight is 261 g/mol. The van der Waals surface area contributed by atoms with Gasteiger partial charge in [0.1, 0.15) is 0 Å². The largest absolute Gasteiger partial charge is 0.354 e. The van der Waals surface area contributed by atoms with E-state index in [1.165, 1.54) is 10.7 Å². The van der Waals surface area contributed by atoms with E-state index in [0.29, 0.717) is 0 Å². The van der Waals surface area contributed by atoms with Gasteiger partial charge in [0.15, 0.2) is 0 Å². The lowest BCUT2D eigenvalue weighted by Gasteiger charge is -2.28. The second-order valence-electron chi connectivity index (χ2n) is 5.85. The van der Waals surface area contributed by atoms with Crippen LogP contribution in [0.2, 0.25) is 0 Å². The monoisotopic (exact) mass is 261 g/mol. The summed E-state index contributed by atoms with van der Waals surface area (Å²) < 4.78 is 2.07. The first-order valence-electron chi connectivity index (χ1n) is 6.62. The number of aromatic nitrogens is 1. The topological polar surface area (TPSA) is 45.6 Å². The third-order valence-corrected chi connectivity index (χ3v) is 4.43. The number of rotatable bonds is 1. The first kappa shape index (κ1) is 12.4. The highest BCUT2D eigenvalue weighted by Crippen LogP contribution is 2.46. The van der Waals surface area contributed by atoms with Crippen LogP contribution in [-0.4, -0.2) is 40.5 Å². The van der Waals surface area contributed by atoms with Crippen molar-refractivity contribution in [3.8, 4) is 0 Å². The minimum Gasteiger partial charge on any atom is -0.354 e. The highest BCUT2D eigenvalue weighted by Gasteiger charge is 2.54. The van der Waals surface area contributed by atoms with Crippen LogP contribution in [0.4, 0.5) is 0 Å². The number of fused-ring (bicyclic) bond motifs is 3. The summed E-state index contributed by atoms with van der Waals surface area (Å²) in [4.78, 5) is 25.0. The number of carbonyl (C=O) groups is 2. The van der Waals surface area contributed by atoms with Crippen LogP contribution in [0.1, 0.15) is 24.1 Å². The molecule has 0 radical (unpaired) electrons. The fourth-order valence-corrected chi connectivity index (χ4v) is 3.53. The molecular weight excluding hydrogens is 242 g/mol. The molecule has 1 aliphatic heterocycles. The lowest BCUT2D eigenvalue weighted by atomic mass is 9.73. The highest BCUT2D eigenvalue weighted by atomic mass is 16.2. The van der Waals surface area contributed by atoms with Crippen molar-refractivity contribution in [2.75, 3.05) is 14.1 Å². The second kappa shape index (κ2) is 3.93.